The SMILES string of the molecule is Cc1ccc(NCc2ccccc2CC#N)cc1. The Morgan fingerprint density at radius 3 is 2.33 bits per heavy atom. The molecule has 0 aliphatic heterocycles. The van der Waals surface area contributed by atoms with E-state index >= 15 is 0 Å². The number of nitrogens with one attached hydrogen (secondary N) is 1. The second-order valence-electron chi connectivity index (χ2n) is 4.32. The van der Waals surface area contributed by atoms with Gasteiger partial charge < -0.3 is 5.32 Å². The fourth-order valence-electron chi connectivity index (χ4n) is 1.86. The predicted molar refractivity (Wildman–Crippen MR) is 74.3 cm³/mol. The van der Waals surface area contributed by atoms with Crippen molar-refractivity contribution in [2.45, 2.75) is 19.9 Å². The van der Waals surface area contributed by atoms with Gasteiger partial charge in [-0.1, -0.05) is 42.0 Å². The number of rotatable bonds is 4. The molecule has 0 atom stereocenters. The van der Waals surface area contributed by atoms with E-state index in [0.29, 0.717) is 6.42 Å². The molecular formula is C16H16N2. The molecule has 0 heterocycles. The zero-order valence-electron chi connectivity index (χ0n) is 10.5. The lowest BCUT2D eigenvalue weighted by Gasteiger charge is -2.09. The molecule has 2 aromatic rings. The molecule has 0 radical (unpaired) electrons. The van der Waals surface area contributed by atoms with Crippen molar-refractivity contribution in [3.05, 3.63) is 65.2 Å². The van der Waals surface area contributed by atoms with Crippen molar-refractivity contribution in [1.29, 1.82) is 5.26 Å². The van der Waals surface area contributed by atoms with Gasteiger partial charge >= 0.3 is 0 Å². The lowest BCUT2D eigenvalue weighted by molar-refractivity contribution is 1.09. The molecule has 2 rings (SSSR count). The van der Waals surface area contributed by atoms with E-state index in [0.717, 1.165) is 17.8 Å². The standard InChI is InChI=1S/C16H16N2/c1-13-6-8-16(9-7-13)18-12-15-5-3-2-4-14(15)10-11-17/h2-9,18H,10,12H2,1H3. The summed E-state index contributed by atoms with van der Waals surface area (Å²) in [6.45, 7) is 2.83. The highest BCUT2D eigenvalue weighted by Gasteiger charge is 2.00. The average Bonchev–Trinajstić information content (AvgIpc) is 2.40. The average molecular weight is 236 g/mol. The number of hydrogen-bond acceptors (Lipinski definition) is 2. The van der Waals surface area contributed by atoms with Crippen molar-refractivity contribution < 1.29 is 0 Å². The first-order chi connectivity index (χ1) is 8.79. The van der Waals surface area contributed by atoms with E-state index in [1.807, 2.05) is 18.2 Å². The van der Waals surface area contributed by atoms with E-state index in [4.69, 9.17) is 5.26 Å². The maximum absolute atomic E-state index is 8.79. The van der Waals surface area contributed by atoms with E-state index < -0.39 is 0 Å². The van der Waals surface area contributed by atoms with Crippen LogP contribution >= 0.6 is 0 Å². The molecule has 0 aromatic heterocycles. The Hall–Kier alpha value is -2.27. The quantitative estimate of drug-likeness (QED) is 0.879. The van der Waals surface area contributed by atoms with Gasteiger partial charge in [0.05, 0.1) is 12.5 Å². The minimum absolute atomic E-state index is 0.464. The van der Waals surface area contributed by atoms with E-state index in [1.165, 1.54) is 11.1 Å². The first-order valence-corrected chi connectivity index (χ1v) is 6.04. The van der Waals surface area contributed by atoms with E-state index in [-0.39, 0.29) is 0 Å². The normalized spacial score (nSPS) is 9.78. The van der Waals surface area contributed by atoms with Gasteiger partial charge in [0.1, 0.15) is 0 Å². The van der Waals surface area contributed by atoms with Crippen molar-refractivity contribution in [2.75, 3.05) is 5.32 Å². The number of benzene rings is 2. The third kappa shape index (κ3) is 3.11. The maximum Gasteiger partial charge on any atom is 0.0669 e. The van der Waals surface area contributed by atoms with Crippen LogP contribution in [0.3, 0.4) is 0 Å². The van der Waals surface area contributed by atoms with Crippen molar-refractivity contribution >= 4 is 5.69 Å². The second kappa shape index (κ2) is 5.88. The Kier molecular flexibility index (Phi) is 3.98. The molecule has 1 N–H and O–H groups in total. The summed E-state index contributed by atoms with van der Waals surface area (Å²) in [5, 5.41) is 12.2. The minimum atomic E-state index is 0.464. The third-order valence-electron chi connectivity index (χ3n) is 2.92. The molecule has 2 nitrogen and oxygen atoms in total. The molecular weight excluding hydrogens is 220 g/mol. The van der Waals surface area contributed by atoms with Gasteiger partial charge in [-0.3, -0.25) is 0 Å². The number of anilines is 1. The predicted octanol–water partition coefficient (Wildman–Crippen LogP) is 3.67. The molecule has 0 saturated carbocycles. The fourth-order valence-corrected chi connectivity index (χ4v) is 1.86. The molecule has 90 valence electrons. The highest BCUT2D eigenvalue weighted by atomic mass is 14.9. The van der Waals surface area contributed by atoms with Gasteiger partial charge in [-0.05, 0) is 30.2 Å². The molecule has 2 aromatic carbocycles. The molecule has 0 unspecified atom stereocenters. The fraction of sp³-hybridized carbons (Fsp3) is 0.188. The summed E-state index contributed by atoms with van der Waals surface area (Å²) in [4.78, 5) is 0. The summed E-state index contributed by atoms with van der Waals surface area (Å²) in [5.74, 6) is 0. The van der Waals surface area contributed by atoms with Crippen LogP contribution < -0.4 is 5.32 Å². The molecule has 0 spiro atoms. The monoisotopic (exact) mass is 236 g/mol. The van der Waals surface area contributed by atoms with E-state index in [2.05, 4.69) is 48.6 Å². The van der Waals surface area contributed by atoms with Crippen LogP contribution in [-0.2, 0) is 13.0 Å². The Morgan fingerprint density at radius 2 is 1.67 bits per heavy atom. The van der Waals surface area contributed by atoms with Crippen LogP contribution in [0.25, 0.3) is 0 Å². The van der Waals surface area contributed by atoms with Gasteiger partial charge in [0.2, 0.25) is 0 Å². The first kappa shape index (κ1) is 12.2. The summed E-state index contributed by atoms with van der Waals surface area (Å²) in [7, 11) is 0. The first-order valence-electron chi connectivity index (χ1n) is 6.04. The van der Waals surface area contributed by atoms with Crippen LogP contribution in [-0.4, -0.2) is 0 Å². The van der Waals surface area contributed by atoms with Crippen molar-refractivity contribution in [3.8, 4) is 6.07 Å². The number of nitriles is 1. The minimum Gasteiger partial charge on any atom is -0.381 e. The van der Waals surface area contributed by atoms with Gasteiger partial charge in [0.25, 0.3) is 0 Å². The number of nitrogens with zero attached hydrogens (tertiary/aromatic N) is 1. The Morgan fingerprint density at radius 1 is 1.00 bits per heavy atom. The number of hydrogen-bond donors (Lipinski definition) is 1. The second-order valence-corrected chi connectivity index (χ2v) is 4.32. The Bertz CT molecular complexity index is 550. The zero-order valence-corrected chi connectivity index (χ0v) is 10.5. The summed E-state index contributed by atoms with van der Waals surface area (Å²) >= 11 is 0. The topological polar surface area (TPSA) is 35.8 Å². The molecule has 0 amide bonds. The smallest absolute Gasteiger partial charge is 0.0669 e. The summed E-state index contributed by atoms with van der Waals surface area (Å²) in [6.07, 6.45) is 0.464. The van der Waals surface area contributed by atoms with Crippen LogP contribution in [0, 0.1) is 18.3 Å². The maximum atomic E-state index is 8.79. The highest BCUT2D eigenvalue weighted by molar-refractivity contribution is 5.45. The summed E-state index contributed by atoms with van der Waals surface area (Å²) in [5.41, 5.74) is 4.64. The number of aryl methyl sites for hydroxylation is 1. The largest absolute Gasteiger partial charge is 0.381 e. The lowest BCUT2D eigenvalue weighted by atomic mass is 10.1. The van der Waals surface area contributed by atoms with E-state index in [1.54, 1.807) is 0 Å². The summed E-state index contributed by atoms with van der Waals surface area (Å²) < 4.78 is 0. The third-order valence-corrected chi connectivity index (χ3v) is 2.92. The summed E-state index contributed by atoms with van der Waals surface area (Å²) in [6, 6.07) is 18.6. The van der Waals surface area contributed by atoms with Gasteiger partial charge in [0, 0.05) is 12.2 Å². The molecule has 2 heteroatoms. The molecule has 0 saturated heterocycles. The highest BCUT2D eigenvalue weighted by Crippen LogP contribution is 2.13. The molecule has 18 heavy (non-hydrogen) atoms. The molecule has 0 bridgehead atoms. The molecule has 0 aliphatic rings. The Labute approximate surface area is 108 Å². The van der Waals surface area contributed by atoms with Gasteiger partial charge in [0.15, 0.2) is 0 Å². The van der Waals surface area contributed by atoms with Gasteiger partial charge in [-0.2, -0.15) is 5.26 Å². The van der Waals surface area contributed by atoms with Gasteiger partial charge in [-0.15, -0.1) is 0 Å². The molecule has 0 aliphatic carbocycles. The Balaban J connectivity index is 2.06. The zero-order chi connectivity index (χ0) is 12.8. The van der Waals surface area contributed by atoms with Crippen molar-refractivity contribution in [1.82, 2.24) is 0 Å². The van der Waals surface area contributed by atoms with Crippen LogP contribution in [0.1, 0.15) is 16.7 Å². The van der Waals surface area contributed by atoms with Gasteiger partial charge in [-0.25, -0.2) is 0 Å². The van der Waals surface area contributed by atoms with Crippen LogP contribution in [0.5, 0.6) is 0 Å². The van der Waals surface area contributed by atoms with Crippen molar-refractivity contribution in [3.63, 3.8) is 0 Å². The van der Waals surface area contributed by atoms with Crippen LogP contribution in [0.15, 0.2) is 48.5 Å². The van der Waals surface area contributed by atoms with Crippen LogP contribution in [0.4, 0.5) is 5.69 Å². The van der Waals surface area contributed by atoms with E-state index in [9.17, 15) is 0 Å². The molecule has 0 fully saturated rings. The lowest BCUT2D eigenvalue weighted by Crippen LogP contribution is -2.02. The van der Waals surface area contributed by atoms with Crippen molar-refractivity contribution in [2.24, 2.45) is 0 Å². The van der Waals surface area contributed by atoms with Crippen LogP contribution in [0.2, 0.25) is 0 Å².